The van der Waals surface area contributed by atoms with E-state index in [2.05, 4.69) is 16.0 Å². The Morgan fingerprint density at radius 1 is 1.41 bits per heavy atom. The number of hydrogen-bond acceptors (Lipinski definition) is 3. The number of pyridine rings is 1. The van der Waals surface area contributed by atoms with Gasteiger partial charge in [0.05, 0.1) is 6.07 Å². The van der Waals surface area contributed by atoms with E-state index in [1.165, 1.54) is 12.8 Å². The first-order chi connectivity index (χ1) is 8.20. The standard InChI is InChI=1S/C12H13Cl2N3/c13-11-5-2-9(12(14)16-11)8-17(7-1-6-15)10-3-4-10/h2,5,10H,1,3-4,7-8H2. The molecule has 1 aromatic rings. The van der Waals surface area contributed by atoms with Crippen molar-refractivity contribution in [2.75, 3.05) is 6.54 Å². The predicted octanol–water partition coefficient (Wildman–Crippen LogP) is 3.27. The van der Waals surface area contributed by atoms with Crippen LogP contribution in [-0.4, -0.2) is 22.5 Å². The number of rotatable bonds is 5. The van der Waals surface area contributed by atoms with Gasteiger partial charge in [-0.25, -0.2) is 4.98 Å². The summed E-state index contributed by atoms with van der Waals surface area (Å²) >= 11 is 11.8. The maximum Gasteiger partial charge on any atom is 0.135 e. The van der Waals surface area contributed by atoms with Crippen molar-refractivity contribution in [3.05, 3.63) is 28.0 Å². The van der Waals surface area contributed by atoms with E-state index in [0.29, 0.717) is 22.8 Å². The average molecular weight is 270 g/mol. The van der Waals surface area contributed by atoms with Crippen LogP contribution in [0.2, 0.25) is 10.3 Å². The highest BCUT2D eigenvalue weighted by Gasteiger charge is 2.28. The smallest absolute Gasteiger partial charge is 0.135 e. The predicted molar refractivity (Wildman–Crippen MR) is 67.9 cm³/mol. The fourth-order valence-electron chi connectivity index (χ4n) is 1.80. The van der Waals surface area contributed by atoms with Gasteiger partial charge in [0.2, 0.25) is 0 Å². The molecule has 1 fully saturated rings. The maximum absolute atomic E-state index is 8.64. The lowest BCUT2D eigenvalue weighted by atomic mass is 10.2. The summed E-state index contributed by atoms with van der Waals surface area (Å²) in [5, 5.41) is 9.51. The van der Waals surface area contributed by atoms with Gasteiger partial charge >= 0.3 is 0 Å². The van der Waals surface area contributed by atoms with Crippen LogP contribution in [0.15, 0.2) is 12.1 Å². The highest BCUT2D eigenvalue weighted by molar-refractivity contribution is 6.32. The lowest BCUT2D eigenvalue weighted by Gasteiger charge is -2.20. The Hall–Kier alpha value is -0.820. The zero-order chi connectivity index (χ0) is 12.3. The van der Waals surface area contributed by atoms with Crippen molar-refractivity contribution in [3.8, 4) is 6.07 Å². The topological polar surface area (TPSA) is 39.9 Å². The fraction of sp³-hybridized carbons (Fsp3) is 0.500. The molecule has 0 spiro atoms. The molecule has 5 heteroatoms. The van der Waals surface area contributed by atoms with Crippen molar-refractivity contribution in [3.63, 3.8) is 0 Å². The van der Waals surface area contributed by atoms with E-state index in [1.807, 2.05) is 6.07 Å². The van der Waals surface area contributed by atoms with Crippen molar-refractivity contribution in [1.82, 2.24) is 9.88 Å². The highest BCUT2D eigenvalue weighted by atomic mass is 35.5. The minimum atomic E-state index is 0.411. The normalized spacial score (nSPS) is 14.9. The number of nitriles is 1. The SMILES string of the molecule is N#CCCN(Cc1ccc(Cl)nc1Cl)C1CC1. The molecule has 90 valence electrons. The lowest BCUT2D eigenvalue weighted by molar-refractivity contribution is 0.260. The van der Waals surface area contributed by atoms with E-state index in [-0.39, 0.29) is 0 Å². The Morgan fingerprint density at radius 3 is 2.76 bits per heavy atom. The van der Waals surface area contributed by atoms with Crippen LogP contribution >= 0.6 is 23.2 Å². The van der Waals surface area contributed by atoms with Gasteiger partial charge in [-0.2, -0.15) is 5.26 Å². The first-order valence-corrected chi connectivity index (χ1v) is 6.38. The van der Waals surface area contributed by atoms with Crippen molar-refractivity contribution in [1.29, 1.82) is 5.26 Å². The van der Waals surface area contributed by atoms with Crippen LogP contribution in [-0.2, 0) is 6.54 Å². The van der Waals surface area contributed by atoms with Gasteiger partial charge in [-0.3, -0.25) is 4.90 Å². The Kier molecular flexibility index (Phi) is 4.22. The molecule has 0 aliphatic heterocycles. The van der Waals surface area contributed by atoms with Crippen LogP contribution in [0, 0.1) is 11.3 Å². The third kappa shape index (κ3) is 3.57. The summed E-state index contributed by atoms with van der Waals surface area (Å²) < 4.78 is 0. The van der Waals surface area contributed by atoms with E-state index < -0.39 is 0 Å². The summed E-state index contributed by atoms with van der Waals surface area (Å²) in [6.45, 7) is 1.54. The van der Waals surface area contributed by atoms with Crippen LogP contribution in [0.1, 0.15) is 24.8 Å². The highest BCUT2D eigenvalue weighted by Crippen LogP contribution is 2.29. The zero-order valence-corrected chi connectivity index (χ0v) is 10.9. The quantitative estimate of drug-likeness (QED) is 0.771. The molecule has 1 aliphatic carbocycles. The molecule has 1 heterocycles. The number of nitrogens with zero attached hydrogens (tertiary/aromatic N) is 3. The Bertz CT molecular complexity index is 438. The molecule has 17 heavy (non-hydrogen) atoms. The Labute approximate surface area is 111 Å². The number of halogens is 2. The van der Waals surface area contributed by atoms with Gasteiger partial charge in [0.25, 0.3) is 0 Å². The summed E-state index contributed by atoms with van der Waals surface area (Å²) in [6, 6.07) is 6.44. The van der Waals surface area contributed by atoms with Gasteiger partial charge in [0.15, 0.2) is 0 Å². The summed E-state index contributed by atoms with van der Waals surface area (Å²) in [5.41, 5.74) is 0.973. The summed E-state index contributed by atoms with van der Waals surface area (Å²) in [4.78, 5) is 6.32. The summed E-state index contributed by atoms with van der Waals surface area (Å²) in [7, 11) is 0. The maximum atomic E-state index is 8.64. The molecule has 0 radical (unpaired) electrons. The third-order valence-corrected chi connectivity index (χ3v) is 3.38. The second-order valence-electron chi connectivity index (χ2n) is 4.19. The lowest BCUT2D eigenvalue weighted by Crippen LogP contribution is -2.26. The van der Waals surface area contributed by atoms with E-state index in [1.54, 1.807) is 6.07 Å². The molecule has 0 atom stereocenters. The van der Waals surface area contributed by atoms with Crippen LogP contribution in [0.4, 0.5) is 0 Å². The van der Waals surface area contributed by atoms with Crippen LogP contribution in [0.5, 0.6) is 0 Å². The summed E-state index contributed by atoms with van der Waals surface area (Å²) in [5.74, 6) is 0. The molecule has 1 aliphatic rings. The van der Waals surface area contributed by atoms with Crippen molar-refractivity contribution >= 4 is 23.2 Å². The number of aromatic nitrogens is 1. The molecule has 3 nitrogen and oxygen atoms in total. The fourth-order valence-corrected chi connectivity index (χ4v) is 2.21. The van der Waals surface area contributed by atoms with Crippen LogP contribution < -0.4 is 0 Å². The van der Waals surface area contributed by atoms with E-state index in [4.69, 9.17) is 28.5 Å². The van der Waals surface area contributed by atoms with Gasteiger partial charge < -0.3 is 0 Å². The first-order valence-electron chi connectivity index (χ1n) is 5.62. The van der Waals surface area contributed by atoms with E-state index >= 15 is 0 Å². The molecule has 1 aromatic heterocycles. The van der Waals surface area contributed by atoms with Gasteiger partial charge in [0, 0.05) is 31.1 Å². The molecule has 0 unspecified atom stereocenters. The molecule has 0 bridgehead atoms. The molecule has 0 N–H and O–H groups in total. The van der Waals surface area contributed by atoms with Crippen LogP contribution in [0.3, 0.4) is 0 Å². The van der Waals surface area contributed by atoms with Gasteiger partial charge in [-0.1, -0.05) is 29.3 Å². The van der Waals surface area contributed by atoms with Crippen molar-refractivity contribution in [2.45, 2.75) is 31.8 Å². The van der Waals surface area contributed by atoms with E-state index in [0.717, 1.165) is 18.7 Å². The first kappa shape index (κ1) is 12.6. The second-order valence-corrected chi connectivity index (χ2v) is 4.94. The van der Waals surface area contributed by atoms with Crippen molar-refractivity contribution in [2.24, 2.45) is 0 Å². The minimum absolute atomic E-state index is 0.411. The molecule has 2 rings (SSSR count). The Morgan fingerprint density at radius 2 is 2.18 bits per heavy atom. The molecular weight excluding hydrogens is 257 g/mol. The summed E-state index contributed by atoms with van der Waals surface area (Å²) in [6.07, 6.45) is 2.98. The monoisotopic (exact) mass is 269 g/mol. The van der Waals surface area contributed by atoms with Gasteiger partial charge in [-0.05, 0) is 18.9 Å². The third-order valence-electron chi connectivity index (χ3n) is 2.84. The average Bonchev–Trinajstić information content (AvgIpc) is 3.11. The largest absolute Gasteiger partial charge is 0.295 e. The minimum Gasteiger partial charge on any atom is -0.295 e. The van der Waals surface area contributed by atoms with Gasteiger partial charge in [0.1, 0.15) is 10.3 Å². The molecule has 0 amide bonds. The van der Waals surface area contributed by atoms with Crippen LogP contribution in [0.25, 0.3) is 0 Å². The molecule has 0 aromatic carbocycles. The van der Waals surface area contributed by atoms with E-state index in [9.17, 15) is 0 Å². The Balaban J connectivity index is 2.03. The zero-order valence-electron chi connectivity index (χ0n) is 9.37. The molecule has 0 saturated heterocycles. The number of hydrogen-bond donors (Lipinski definition) is 0. The molecule has 1 saturated carbocycles. The van der Waals surface area contributed by atoms with Crippen molar-refractivity contribution < 1.29 is 0 Å². The molecular formula is C12H13Cl2N3. The van der Waals surface area contributed by atoms with Gasteiger partial charge in [-0.15, -0.1) is 0 Å². The second kappa shape index (κ2) is 5.68.